The predicted octanol–water partition coefficient (Wildman–Crippen LogP) is 3.07. The van der Waals surface area contributed by atoms with Crippen LogP contribution in [0.3, 0.4) is 0 Å². The summed E-state index contributed by atoms with van der Waals surface area (Å²) in [5.41, 5.74) is 6.41. The zero-order valence-electron chi connectivity index (χ0n) is 12.5. The van der Waals surface area contributed by atoms with E-state index in [-0.39, 0.29) is 5.82 Å². The average molecular weight is 340 g/mol. The first kappa shape index (κ1) is 16.9. The van der Waals surface area contributed by atoms with Gasteiger partial charge < -0.3 is 10.6 Å². The molecule has 2 atom stereocenters. The van der Waals surface area contributed by atoms with Crippen LogP contribution in [0.5, 0.6) is 0 Å². The fraction of sp³-hybridized carbons (Fsp3) is 0.467. The Bertz CT molecular complexity index is 521. The van der Waals surface area contributed by atoms with Gasteiger partial charge >= 0.3 is 0 Å². The van der Waals surface area contributed by atoms with Gasteiger partial charge in [-0.3, -0.25) is 10.9 Å². The molecule has 1 aliphatic carbocycles. The van der Waals surface area contributed by atoms with E-state index < -0.39 is 0 Å². The van der Waals surface area contributed by atoms with Crippen LogP contribution in [0.25, 0.3) is 0 Å². The van der Waals surface area contributed by atoms with Crippen LogP contribution in [0.2, 0.25) is 0 Å². The lowest BCUT2D eigenvalue weighted by Gasteiger charge is -2.30. The topological polar surface area (TPSA) is 48.1 Å². The van der Waals surface area contributed by atoms with Gasteiger partial charge in [0.1, 0.15) is 5.82 Å². The Kier molecular flexibility index (Phi) is 6.33. The molecule has 0 aliphatic heterocycles. The third kappa shape index (κ3) is 5.38. The minimum atomic E-state index is -0.283. The second-order valence-electron chi connectivity index (χ2n) is 5.55. The van der Waals surface area contributed by atoms with Crippen molar-refractivity contribution in [1.29, 1.82) is 0 Å². The number of hydrogen-bond acceptors (Lipinski definition) is 2. The second-order valence-corrected chi connectivity index (χ2v) is 6.37. The van der Waals surface area contributed by atoms with E-state index in [0.717, 1.165) is 6.42 Å². The van der Waals surface area contributed by atoms with Gasteiger partial charge in [0, 0.05) is 11.7 Å². The summed E-state index contributed by atoms with van der Waals surface area (Å²) in [6.07, 6.45) is 4.91. The molecular formula is C15H21FN4S2. The van der Waals surface area contributed by atoms with E-state index in [0.29, 0.717) is 27.9 Å². The Morgan fingerprint density at radius 1 is 1.05 bits per heavy atom. The van der Waals surface area contributed by atoms with E-state index in [4.69, 9.17) is 24.4 Å². The molecule has 4 nitrogen and oxygen atoms in total. The van der Waals surface area contributed by atoms with Crippen LogP contribution in [0.4, 0.5) is 10.1 Å². The first-order valence-corrected chi connectivity index (χ1v) is 8.25. The molecule has 0 aromatic heterocycles. The minimum absolute atomic E-state index is 0.283. The van der Waals surface area contributed by atoms with Gasteiger partial charge in [0.15, 0.2) is 10.2 Å². The second kappa shape index (κ2) is 8.24. The van der Waals surface area contributed by atoms with Gasteiger partial charge in [0.2, 0.25) is 0 Å². The van der Waals surface area contributed by atoms with Crippen LogP contribution in [-0.2, 0) is 0 Å². The zero-order valence-corrected chi connectivity index (χ0v) is 14.1. The lowest BCUT2D eigenvalue weighted by molar-refractivity contribution is 0.308. The molecule has 4 N–H and O–H groups in total. The number of anilines is 1. The maximum atomic E-state index is 12.8. The summed E-state index contributed by atoms with van der Waals surface area (Å²) < 4.78 is 12.8. The predicted molar refractivity (Wildman–Crippen MR) is 96.0 cm³/mol. The quantitative estimate of drug-likeness (QED) is 0.490. The Morgan fingerprint density at radius 3 is 2.36 bits per heavy atom. The van der Waals surface area contributed by atoms with Gasteiger partial charge in [-0.2, -0.15) is 0 Å². The summed E-state index contributed by atoms with van der Waals surface area (Å²) >= 11 is 10.4. The van der Waals surface area contributed by atoms with E-state index in [9.17, 15) is 4.39 Å². The summed E-state index contributed by atoms with van der Waals surface area (Å²) in [6, 6.07) is 6.38. The Hall–Kier alpha value is -1.47. The molecule has 7 heteroatoms. The van der Waals surface area contributed by atoms with Crippen LogP contribution in [0.15, 0.2) is 24.3 Å². The van der Waals surface area contributed by atoms with Crippen molar-refractivity contribution in [2.75, 3.05) is 5.32 Å². The van der Waals surface area contributed by atoms with Crippen molar-refractivity contribution in [1.82, 2.24) is 16.2 Å². The molecule has 0 bridgehead atoms. The van der Waals surface area contributed by atoms with Crippen molar-refractivity contribution in [3.63, 3.8) is 0 Å². The summed E-state index contributed by atoms with van der Waals surface area (Å²) in [5.74, 6) is 0.340. The molecule has 1 saturated carbocycles. The van der Waals surface area contributed by atoms with Crippen molar-refractivity contribution in [3.05, 3.63) is 30.1 Å². The van der Waals surface area contributed by atoms with E-state index in [1.807, 2.05) is 0 Å². The molecule has 2 rings (SSSR count). The zero-order chi connectivity index (χ0) is 15.9. The lowest BCUT2D eigenvalue weighted by atomic mass is 9.86. The maximum Gasteiger partial charge on any atom is 0.189 e. The molecule has 120 valence electrons. The number of benzene rings is 1. The van der Waals surface area contributed by atoms with Crippen LogP contribution < -0.4 is 21.5 Å². The smallest absolute Gasteiger partial charge is 0.189 e. The highest BCUT2D eigenvalue weighted by Gasteiger charge is 2.21. The first-order valence-electron chi connectivity index (χ1n) is 7.43. The van der Waals surface area contributed by atoms with Crippen molar-refractivity contribution >= 4 is 40.3 Å². The van der Waals surface area contributed by atoms with Gasteiger partial charge in [0.25, 0.3) is 0 Å². The van der Waals surface area contributed by atoms with Crippen LogP contribution in [0, 0.1) is 11.7 Å². The molecule has 0 amide bonds. The van der Waals surface area contributed by atoms with Gasteiger partial charge in [-0.15, -0.1) is 0 Å². The Balaban J connectivity index is 1.71. The summed E-state index contributed by atoms with van der Waals surface area (Å²) in [7, 11) is 0. The number of hydrogen-bond donors (Lipinski definition) is 4. The largest absolute Gasteiger partial charge is 0.358 e. The molecule has 0 saturated heterocycles. The van der Waals surface area contributed by atoms with Crippen molar-refractivity contribution in [2.45, 2.75) is 38.6 Å². The molecule has 0 unspecified atom stereocenters. The van der Waals surface area contributed by atoms with Gasteiger partial charge in [-0.1, -0.05) is 19.8 Å². The van der Waals surface area contributed by atoms with Gasteiger partial charge in [-0.25, -0.2) is 4.39 Å². The molecule has 1 aliphatic rings. The minimum Gasteiger partial charge on any atom is -0.358 e. The number of thiocarbonyl (C=S) groups is 2. The Morgan fingerprint density at radius 2 is 1.68 bits per heavy atom. The maximum absolute atomic E-state index is 12.8. The molecule has 1 aromatic rings. The van der Waals surface area contributed by atoms with E-state index in [2.05, 4.69) is 28.4 Å². The van der Waals surface area contributed by atoms with E-state index in [1.165, 1.54) is 31.4 Å². The summed E-state index contributed by atoms with van der Waals surface area (Å²) in [6.45, 7) is 2.24. The molecule has 22 heavy (non-hydrogen) atoms. The van der Waals surface area contributed by atoms with Crippen molar-refractivity contribution in [2.24, 2.45) is 5.92 Å². The van der Waals surface area contributed by atoms with Crippen LogP contribution >= 0.6 is 24.4 Å². The molecule has 0 radical (unpaired) electrons. The normalized spacial score (nSPS) is 20.8. The summed E-state index contributed by atoms with van der Waals surface area (Å²) in [5, 5.41) is 7.15. The first-order chi connectivity index (χ1) is 10.5. The molecule has 1 aromatic carbocycles. The third-order valence-electron chi connectivity index (χ3n) is 3.82. The van der Waals surface area contributed by atoms with Crippen molar-refractivity contribution in [3.8, 4) is 0 Å². The molecule has 0 spiro atoms. The monoisotopic (exact) mass is 340 g/mol. The van der Waals surface area contributed by atoms with E-state index in [1.54, 1.807) is 12.1 Å². The summed E-state index contributed by atoms with van der Waals surface area (Å²) in [4.78, 5) is 0. The van der Waals surface area contributed by atoms with Crippen molar-refractivity contribution < 1.29 is 4.39 Å². The highest BCUT2D eigenvalue weighted by Crippen LogP contribution is 2.23. The highest BCUT2D eigenvalue weighted by molar-refractivity contribution is 7.80. The third-order valence-corrected chi connectivity index (χ3v) is 4.24. The fourth-order valence-electron chi connectivity index (χ4n) is 2.54. The molecule has 1 fully saturated rings. The molecular weight excluding hydrogens is 319 g/mol. The van der Waals surface area contributed by atoms with Crippen LogP contribution in [0.1, 0.15) is 32.6 Å². The van der Waals surface area contributed by atoms with Crippen LogP contribution in [-0.4, -0.2) is 16.3 Å². The number of halogens is 1. The van der Waals surface area contributed by atoms with E-state index >= 15 is 0 Å². The van der Waals surface area contributed by atoms with Gasteiger partial charge in [0.05, 0.1) is 0 Å². The SMILES string of the molecule is C[C@H]1CCCC[C@@H]1NC(=S)NNC(=S)Nc1ccc(F)cc1. The van der Waals surface area contributed by atoms with Gasteiger partial charge in [-0.05, 0) is 67.5 Å². The molecule has 0 heterocycles. The lowest BCUT2D eigenvalue weighted by Crippen LogP contribution is -2.52. The standard InChI is InChI=1S/C15H21FN4S2/c1-10-4-2-3-5-13(10)18-15(22)20-19-14(21)17-12-8-6-11(16)7-9-12/h6-10,13H,2-5H2,1H3,(H2,17,19,21)(H2,18,20,22)/t10-,13-/m0/s1. The number of rotatable bonds is 2. The number of hydrazine groups is 1. The average Bonchev–Trinajstić information content (AvgIpc) is 2.50. The fourth-order valence-corrected chi connectivity index (χ4v) is 2.92. The highest BCUT2D eigenvalue weighted by atomic mass is 32.1. The number of nitrogens with one attached hydrogen (secondary N) is 4. The Labute approximate surface area is 141 Å².